The topological polar surface area (TPSA) is 59.4 Å². The molecule has 1 heterocycles. The summed E-state index contributed by atoms with van der Waals surface area (Å²) < 4.78 is 19.0. The van der Waals surface area contributed by atoms with Crippen molar-refractivity contribution in [3.05, 3.63) is 29.6 Å². The molecule has 86 valence electrons. The first-order chi connectivity index (χ1) is 7.59. The highest BCUT2D eigenvalue weighted by Crippen LogP contribution is 2.42. The molecule has 2 rings (SSSR count). The second kappa shape index (κ2) is 3.83. The van der Waals surface area contributed by atoms with Crippen LogP contribution in [-0.2, 0) is 15.2 Å². The number of pyridine rings is 1. The van der Waals surface area contributed by atoms with Gasteiger partial charge in [0.25, 0.3) is 0 Å². The van der Waals surface area contributed by atoms with Crippen molar-refractivity contribution in [2.75, 3.05) is 7.11 Å². The molecule has 0 radical (unpaired) electrons. The molecule has 1 aliphatic rings. The average Bonchev–Trinajstić information content (AvgIpc) is 2.33. The second-order valence-electron chi connectivity index (χ2n) is 3.78. The number of hydrogen-bond donors (Lipinski definition) is 1. The summed E-state index contributed by atoms with van der Waals surface area (Å²) in [7, 11) is 1.14. The number of hydrogen-bond acceptors (Lipinski definition) is 4. The van der Waals surface area contributed by atoms with Crippen LogP contribution in [0.2, 0.25) is 0 Å². The number of nitrogens with zero attached hydrogens (tertiary/aromatic N) is 1. The number of fused-ring (bicyclic) bond motifs is 1. The number of carbonyl (C=O) groups excluding carboxylic acids is 1. The van der Waals surface area contributed by atoms with E-state index in [-0.39, 0.29) is 24.1 Å². The van der Waals surface area contributed by atoms with Crippen LogP contribution >= 0.6 is 0 Å². The van der Waals surface area contributed by atoms with E-state index in [9.17, 15) is 14.3 Å². The van der Waals surface area contributed by atoms with Crippen LogP contribution in [0, 0.1) is 0 Å². The maximum absolute atomic E-state index is 14.5. The predicted octanol–water partition coefficient (Wildman–Crippen LogP) is 1.25. The fourth-order valence-corrected chi connectivity index (χ4v) is 2.00. The quantitative estimate of drug-likeness (QED) is 0.731. The molecule has 0 aromatic carbocycles. The molecular formula is C11H12FNO3. The van der Waals surface area contributed by atoms with E-state index in [4.69, 9.17) is 0 Å². The molecule has 1 N–H and O–H groups in total. The van der Waals surface area contributed by atoms with E-state index >= 15 is 0 Å². The van der Waals surface area contributed by atoms with Crippen LogP contribution < -0.4 is 0 Å². The Hall–Kier alpha value is -1.49. The molecule has 0 bridgehead atoms. The molecule has 1 aliphatic carbocycles. The van der Waals surface area contributed by atoms with Crippen molar-refractivity contribution in [3.8, 4) is 0 Å². The number of aliphatic hydroxyl groups excluding tert-OH is 1. The fraction of sp³-hybridized carbons (Fsp3) is 0.455. The molecule has 0 aliphatic heterocycles. The summed E-state index contributed by atoms with van der Waals surface area (Å²) in [6, 6.07) is 3.00. The first kappa shape index (κ1) is 11.0. The highest BCUT2D eigenvalue weighted by atomic mass is 19.1. The summed E-state index contributed by atoms with van der Waals surface area (Å²) in [5.74, 6) is -0.936. The Kier molecular flexibility index (Phi) is 2.63. The van der Waals surface area contributed by atoms with Crippen LogP contribution in [0.4, 0.5) is 4.39 Å². The van der Waals surface area contributed by atoms with Gasteiger partial charge in [-0.15, -0.1) is 0 Å². The van der Waals surface area contributed by atoms with Gasteiger partial charge in [0.05, 0.1) is 18.9 Å². The molecule has 0 fully saturated rings. The van der Waals surface area contributed by atoms with E-state index in [1.165, 1.54) is 18.3 Å². The van der Waals surface area contributed by atoms with Gasteiger partial charge in [0.1, 0.15) is 0 Å². The lowest BCUT2D eigenvalue weighted by molar-refractivity contribution is -0.157. The first-order valence-corrected chi connectivity index (χ1v) is 5.00. The third-order valence-corrected chi connectivity index (χ3v) is 2.85. The summed E-state index contributed by atoms with van der Waals surface area (Å²) >= 11 is 0. The Labute approximate surface area is 92.1 Å². The number of esters is 1. The van der Waals surface area contributed by atoms with Crippen molar-refractivity contribution in [2.45, 2.75) is 24.6 Å². The van der Waals surface area contributed by atoms with Crippen molar-refractivity contribution >= 4 is 5.97 Å². The molecule has 4 nitrogen and oxygen atoms in total. The number of ether oxygens (including phenoxy) is 1. The Morgan fingerprint density at radius 1 is 1.75 bits per heavy atom. The minimum absolute atomic E-state index is 0.0838. The van der Waals surface area contributed by atoms with Gasteiger partial charge in [-0.1, -0.05) is 6.07 Å². The van der Waals surface area contributed by atoms with Gasteiger partial charge in [-0.2, -0.15) is 0 Å². The van der Waals surface area contributed by atoms with E-state index in [1.807, 2.05) is 0 Å². The summed E-state index contributed by atoms with van der Waals surface area (Å²) in [6.45, 7) is 0. The van der Waals surface area contributed by atoms with Crippen molar-refractivity contribution < 1.29 is 19.0 Å². The van der Waals surface area contributed by atoms with Gasteiger partial charge in [0.15, 0.2) is 0 Å². The zero-order chi connectivity index (χ0) is 11.8. The summed E-state index contributed by atoms with van der Waals surface area (Å²) in [6.07, 6.45) is 0.727. The Morgan fingerprint density at radius 2 is 2.50 bits per heavy atom. The molecule has 0 amide bonds. The highest BCUT2D eigenvalue weighted by molar-refractivity contribution is 5.81. The molecule has 0 saturated heterocycles. The normalized spacial score (nSPS) is 28.3. The van der Waals surface area contributed by atoms with E-state index in [0.29, 0.717) is 0 Å². The number of carbonyl (C=O) groups is 1. The van der Waals surface area contributed by atoms with Crippen molar-refractivity contribution in [1.82, 2.24) is 4.98 Å². The Balaban J connectivity index is 2.53. The highest BCUT2D eigenvalue weighted by Gasteiger charge is 2.47. The third kappa shape index (κ3) is 1.48. The lowest BCUT2D eigenvalue weighted by atomic mass is 9.81. The van der Waals surface area contributed by atoms with Crippen molar-refractivity contribution in [3.63, 3.8) is 0 Å². The van der Waals surface area contributed by atoms with Crippen LogP contribution in [0.25, 0.3) is 0 Å². The molecule has 0 saturated carbocycles. The minimum atomic E-state index is -2.18. The largest absolute Gasteiger partial charge is 0.466 e. The van der Waals surface area contributed by atoms with Gasteiger partial charge < -0.3 is 9.84 Å². The second-order valence-corrected chi connectivity index (χ2v) is 3.78. The van der Waals surface area contributed by atoms with Crippen LogP contribution in [0.3, 0.4) is 0 Å². The van der Waals surface area contributed by atoms with Gasteiger partial charge >= 0.3 is 5.97 Å². The Bertz CT molecular complexity index is 423. The van der Waals surface area contributed by atoms with Crippen LogP contribution in [-0.4, -0.2) is 23.2 Å². The van der Waals surface area contributed by atoms with E-state index in [0.717, 1.165) is 7.11 Å². The molecule has 5 heteroatoms. The number of halogens is 1. The van der Waals surface area contributed by atoms with Gasteiger partial charge in [0.2, 0.25) is 5.67 Å². The van der Waals surface area contributed by atoms with Crippen LogP contribution in [0.15, 0.2) is 18.3 Å². The summed E-state index contributed by atoms with van der Waals surface area (Å²) in [4.78, 5) is 15.4. The lowest BCUT2D eigenvalue weighted by Crippen LogP contribution is -2.37. The molecule has 0 spiro atoms. The predicted molar refractivity (Wildman–Crippen MR) is 53.2 cm³/mol. The Morgan fingerprint density at radius 3 is 3.19 bits per heavy atom. The van der Waals surface area contributed by atoms with E-state index in [2.05, 4.69) is 9.72 Å². The zero-order valence-corrected chi connectivity index (χ0v) is 8.81. The number of alkyl halides is 1. The van der Waals surface area contributed by atoms with E-state index in [1.54, 1.807) is 0 Å². The molecule has 2 unspecified atom stereocenters. The van der Waals surface area contributed by atoms with Gasteiger partial charge in [0, 0.05) is 11.8 Å². The van der Waals surface area contributed by atoms with E-state index < -0.39 is 17.7 Å². The van der Waals surface area contributed by atoms with Crippen LogP contribution in [0.1, 0.15) is 30.2 Å². The maximum atomic E-state index is 14.5. The SMILES string of the molecule is COC(=O)C1(F)CCC(O)c2ncccc21. The standard InChI is InChI=1S/C11H12FNO3/c1-16-10(15)11(12)5-4-8(14)9-7(11)3-2-6-13-9/h2-3,6,8,14H,4-5H2,1H3. The zero-order valence-electron chi connectivity index (χ0n) is 8.81. The summed E-state index contributed by atoms with van der Waals surface area (Å²) in [5.41, 5.74) is -1.85. The molecule has 16 heavy (non-hydrogen) atoms. The molecule has 2 atom stereocenters. The molecular weight excluding hydrogens is 213 g/mol. The summed E-state index contributed by atoms with van der Waals surface area (Å²) in [5, 5.41) is 9.67. The first-order valence-electron chi connectivity index (χ1n) is 5.00. The lowest BCUT2D eigenvalue weighted by Gasteiger charge is -2.31. The van der Waals surface area contributed by atoms with Crippen LogP contribution in [0.5, 0.6) is 0 Å². The third-order valence-electron chi connectivity index (χ3n) is 2.85. The number of aromatic nitrogens is 1. The van der Waals surface area contributed by atoms with Crippen molar-refractivity contribution in [2.24, 2.45) is 0 Å². The maximum Gasteiger partial charge on any atom is 0.348 e. The average molecular weight is 225 g/mol. The number of aliphatic hydroxyl groups is 1. The van der Waals surface area contributed by atoms with Gasteiger partial charge in [-0.05, 0) is 18.9 Å². The number of methoxy groups -OCH3 is 1. The van der Waals surface area contributed by atoms with Crippen molar-refractivity contribution in [1.29, 1.82) is 0 Å². The van der Waals surface area contributed by atoms with Gasteiger partial charge in [-0.3, -0.25) is 4.98 Å². The molecule has 1 aromatic rings. The fourth-order valence-electron chi connectivity index (χ4n) is 2.00. The monoisotopic (exact) mass is 225 g/mol. The number of rotatable bonds is 1. The smallest absolute Gasteiger partial charge is 0.348 e. The minimum Gasteiger partial charge on any atom is -0.466 e. The van der Waals surface area contributed by atoms with Gasteiger partial charge in [-0.25, -0.2) is 9.18 Å². The molecule has 1 aromatic heterocycles.